The second-order valence-corrected chi connectivity index (χ2v) is 7.29. The number of aryl methyl sites for hydroxylation is 2. The van der Waals surface area contributed by atoms with E-state index in [0.29, 0.717) is 0 Å². The first-order chi connectivity index (χ1) is 11.4. The smallest absolute Gasteiger partial charge is 0.254 e. The zero-order valence-electron chi connectivity index (χ0n) is 14.5. The van der Waals surface area contributed by atoms with Crippen molar-refractivity contribution < 1.29 is 9.90 Å². The molecule has 1 N–H and O–H groups in total. The van der Waals surface area contributed by atoms with Gasteiger partial charge >= 0.3 is 0 Å². The van der Waals surface area contributed by atoms with Crippen molar-refractivity contribution >= 4 is 5.91 Å². The Labute approximate surface area is 142 Å². The molecule has 0 saturated heterocycles. The first-order valence-electron chi connectivity index (χ1n) is 8.62. The molecule has 124 valence electrons. The lowest BCUT2D eigenvalue weighted by atomic mass is 9.76. The van der Waals surface area contributed by atoms with E-state index in [-0.39, 0.29) is 11.4 Å². The first-order valence-corrected chi connectivity index (χ1v) is 8.62. The van der Waals surface area contributed by atoms with Gasteiger partial charge in [-0.25, -0.2) is 0 Å². The summed E-state index contributed by atoms with van der Waals surface area (Å²) in [4.78, 5) is 15.1. The number of rotatable bonds is 1. The minimum absolute atomic E-state index is 0.0681. The van der Waals surface area contributed by atoms with E-state index in [4.69, 9.17) is 0 Å². The van der Waals surface area contributed by atoms with Crippen molar-refractivity contribution in [1.82, 2.24) is 4.90 Å². The number of benzene rings is 2. The van der Waals surface area contributed by atoms with Crippen LogP contribution in [0.5, 0.6) is 0 Å². The molecular weight excluding hydrogens is 298 g/mol. The van der Waals surface area contributed by atoms with Gasteiger partial charge in [0.15, 0.2) is 0 Å². The molecule has 3 heteroatoms. The molecule has 2 aromatic carbocycles. The van der Waals surface area contributed by atoms with E-state index in [1.165, 1.54) is 11.1 Å². The summed E-state index contributed by atoms with van der Waals surface area (Å²) in [7, 11) is 1.93. The number of hydrogen-bond acceptors (Lipinski definition) is 2. The van der Waals surface area contributed by atoms with E-state index in [0.717, 1.165) is 41.5 Å². The van der Waals surface area contributed by atoms with Gasteiger partial charge in [0, 0.05) is 19.0 Å². The van der Waals surface area contributed by atoms with E-state index >= 15 is 0 Å². The van der Waals surface area contributed by atoms with Crippen molar-refractivity contribution in [3.8, 4) is 0 Å². The number of nitrogens with zero attached hydrogens (tertiary/aromatic N) is 1. The lowest BCUT2D eigenvalue weighted by molar-refractivity contribution is 0.0501. The van der Waals surface area contributed by atoms with Crippen molar-refractivity contribution in [2.24, 2.45) is 0 Å². The predicted octanol–water partition coefficient (Wildman–Crippen LogP) is 3.52. The highest BCUT2D eigenvalue weighted by Crippen LogP contribution is 2.48. The molecule has 2 unspecified atom stereocenters. The summed E-state index contributed by atoms with van der Waals surface area (Å²) >= 11 is 0. The van der Waals surface area contributed by atoms with Crippen LogP contribution < -0.4 is 0 Å². The molecule has 1 amide bonds. The lowest BCUT2D eigenvalue weighted by Gasteiger charge is -2.45. The van der Waals surface area contributed by atoms with Crippen LogP contribution >= 0.6 is 0 Å². The van der Waals surface area contributed by atoms with Gasteiger partial charge < -0.3 is 10.0 Å². The van der Waals surface area contributed by atoms with Crippen LogP contribution in [0.25, 0.3) is 0 Å². The molecule has 0 aromatic heterocycles. The molecule has 0 saturated carbocycles. The van der Waals surface area contributed by atoms with Crippen LogP contribution in [0.4, 0.5) is 0 Å². The average Bonchev–Trinajstić information content (AvgIpc) is 2.93. The summed E-state index contributed by atoms with van der Waals surface area (Å²) in [5, 5.41) is 10.3. The number of amides is 1. The summed E-state index contributed by atoms with van der Waals surface area (Å²) in [5.41, 5.74) is 6.03. The minimum Gasteiger partial charge on any atom is -0.389 e. The van der Waals surface area contributed by atoms with Crippen molar-refractivity contribution in [3.05, 3.63) is 69.8 Å². The average molecular weight is 321 g/mol. The fourth-order valence-corrected chi connectivity index (χ4v) is 4.59. The summed E-state index contributed by atoms with van der Waals surface area (Å²) in [6.07, 6.45) is 2.16. The largest absolute Gasteiger partial charge is 0.389 e. The Balaban J connectivity index is 1.94. The molecule has 1 spiro atoms. The molecule has 4 rings (SSSR count). The van der Waals surface area contributed by atoms with Crippen molar-refractivity contribution in [2.45, 2.75) is 44.8 Å². The second-order valence-electron chi connectivity index (χ2n) is 7.29. The predicted molar refractivity (Wildman–Crippen MR) is 94.1 cm³/mol. The first kappa shape index (κ1) is 15.4. The van der Waals surface area contributed by atoms with Crippen LogP contribution in [-0.4, -0.2) is 23.0 Å². The maximum Gasteiger partial charge on any atom is 0.254 e. The number of hydrogen-bond donors (Lipinski definition) is 1. The number of carbonyl (C=O) groups is 1. The van der Waals surface area contributed by atoms with E-state index in [1.807, 2.05) is 31.0 Å². The van der Waals surface area contributed by atoms with E-state index in [2.05, 4.69) is 24.3 Å². The Kier molecular flexibility index (Phi) is 3.33. The fourth-order valence-electron chi connectivity index (χ4n) is 4.59. The Hall–Kier alpha value is -2.13. The molecule has 1 aliphatic carbocycles. The minimum atomic E-state index is -0.566. The Morgan fingerprint density at radius 1 is 1.25 bits per heavy atom. The van der Waals surface area contributed by atoms with Gasteiger partial charge in [0.2, 0.25) is 0 Å². The van der Waals surface area contributed by atoms with Crippen molar-refractivity contribution in [1.29, 1.82) is 0 Å². The SMILES string of the molecule is Cc1cc2c(c(C(C)O)c1)CC1(CCc3ccccc31)N(C)C2=O. The van der Waals surface area contributed by atoms with Gasteiger partial charge in [0.25, 0.3) is 5.91 Å². The molecular formula is C21H23NO2. The third kappa shape index (κ3) is 1.97. The highest BCUT2D eigenvalue weighted by atomic mass is 16.3. The molecule has 0 radical (unpaired) electrons. The highest BCUT2D eigenvalue weighted by Gasteiger charge is 2.48. The topological polar surface area (TPSA) is 40.5 Å². The summed E-state index contributed by atoms with van der Waals surface area (Å²) in [6.45, 7) is 3.77. The molecule has 3 nitrogen and oxygen atoms in total. The van der Waals surface area contributed by atoms with Gasteiger partial charge in [-0.2, -0.15) is 0 Å². The maximum absolute atomic E-state index is 13.2. The third-order valence-electron chi connectivity index (χ3n) is 5.85. The van der Waals surface area contributed by atoms with Crippen LogP contribution in [0.2, 0.25) is 0 Å². The zero-order valence-corrected chi connectivity index (χ0v) is 14.5. The van der Waals surface area contributed by atoms with Gasteiger partial charge in [0.05, 0.1) is 11.6 Å². The van der Waals surface area contributed by atoms with Crippen LogP contribution in [0, 0.1) is 6.92 Å². The number of aliphatic hydroxyl groups excluding tert-OH is 1. The van der Waals surface area contributed by atoms with E-state index in [1.54, 1.807) is 6.92 Å². The molecule has 0 bridgehead atoms. The van der Waals surface area contributed by atoms with Crippen LogP contribution in [-0.2, 0) is 18.4 Å². The van der Waals surface area contributed by atoms with Gasteiger partial charge in [-0.1, -0.05) is 30.3 Å². The van der Waals surface area contributed by atoms with Crippen molar-refractivity contribution in [3.63, 3.8) is 0 Å². The monoisotopic (exact) mass is 321 g/mol. The molecule has 1 heterocycles. The fraction of sp³-hybridized carbons (Fsp3) is 0.381. The summed E-state index contributed by atoms with van der Waals surface area (Å²) in [5.74, 6) is 0.0681. The van der Waals surface area contributed by atoms with Crippen LogP contribution in [0.3, 0.4) is 0 Å². The van der Waals surface area contributed by atoms with Crippen LogP contribution in [0.1, 0.15) is 57.6 Å². The zero-order chi connectivity index (χ0) is 17.1. The molecule has 2 atom stereocenters. The lowest BCUT2D eigenvalue weighted by Crippen LogP contribution is -2.51. The molecule has 1 aliphatic heterocycles. The number of carbonyl (C=O) groups excluding carboxylic acids is 1. The van der Waals surface area contributed by atoms with Crippen molar-refractivity contribution in [2.75, 3.05) is 7.05 Å². The number of fused-ring (bicyclic) bond motifs is 3. The Morgan fingerprint density at radius 3 is 2.75 bits per heavy atom. The van der Waals surface area contributed by atoms with Gasteiger partial charge in [-0.05, 0) is 60.6 Å². The normalized spacial score (nSPS) is 23.3. The Bertz CT molecular complexity index is 840. The Morgan fingerprint density at radius 2 is 2.00 bits per heavy atom. The molecule has 2 aromatic rings. The van der Waals surface area contributed by atoms with E-state index in [9.17, 15) is 9.90 Å². The summed E-state index contributed by atoms with van der Waals surface area (Å²) < 4.78 is 0. The number of aliphatic hydroxyl groups is 1. The maximum atomic E-state index is 13.2. The molecule has 24 heavy (non-hydrogen) atoms. The van der Waals surface area contributed by atoms with E-state index < -0.39 is 6.10 Å². The second kappa shape index (κ2) is 5.18. The summed E-state index contributed by atoms with van der Waals surface area (Å²) in [6, 6.07) is 12.5. The number of likely N-dealkylation sites (N-methyl/N-ethyl adjacent to an activating group) is 1. The van der Waals surface area contributed by atoms with Crippen LogP contribution in [0.15, 0.2) is 36.4 Å². The van der Waals surface area contributed by atoms with Gasteiger partial charge in [-0.3, -0.25) is 4.79 Å². The van der Waals surface area contributed by atoms with Gasteiger partial charge in [-0.15, -0.1) is 0 Å². The molecule has 2 aliphatic rings. The molecule has 0 fully saturated rings. The quantitative estimate of drug-likeness (QED) is 0.873. The highest BCUT2D eigenvalue weighted by molar-refractivity contribution is 5.98. The standard InChI is InChI=1S/C21H23NO2/c1-13-10-16(14(2)23)18-12-21(22(3)20(24)17(18)11-13)9-8-15-6-4-5-7-19(15)21/h4-7,10-11,14,23H,8-9,12H2,1-3H3. The van der Waals surface area contributed by atoms with Gasteiger partial charge in [0.1, 0.15) is 0 Å². The third-order valence-corrected chi connectivity index (χ3v) is 5.85.